The lowest BCUT2D eigenvalue weighted by Crippen LogP contribution is -2.45. The number of halogens is 2. The topological polar surface area (TPSA) is 66.0 Å². The van der Waals surface area contributed by atoms with Gasteiger partial charge in [0.1, 0.15) is 0 Å². The lowest BCUT2D eigenvalue weighted by molar-refractivity contribution is 0.407. The minimum Gasteiger partial charge on any atom is -0.335 e. The Kier molecular flexibility index (Phi) is 6.25. The minimum absolute atomic E-state index is 0.356. The van der Waals surface area contributed by atoms with Crippen molar-refractivity contribution in [2.75, 3.05) is 15.5 Å². The summed E-state index contributed by atoms with van der Waals surface area (Å²) in [6, 6.07) is 15.6. The molecular formula is C22H24Cl2N6. The van der Waals surface area contributed by atoms with E-state index in [2.05, 4.69) is 34.4 Å². The van der Waals surface area contributed by atoms with Crippen LogP contribution in [-0.4, -0.2) is 27.0 Å². The number of benzene rings is 2. The molecule has 2 aromatic carbocycles. The summed E-state index contributed by atoms with van der Waals surface area (Å²) in [6.07, 6.45) is 3.44. The van der Waals surface area contributed by atoms with E-state index in [1.165, 1.54) is 6.42 Å². The van der Waals surface area contributed by atoms with Gasteiger partial charge in [0, 0.05) is 33.5 Å². The summed E-state index contributed by atoms with van der Waals surface area (Å²) in [5, 5.41) is 7.79. The van der Waals surface area contributed by atoms with E-state index in [4.69, 9.17) is 33.2 Å². The highest BCUT2D eigenvalue weighted by Crippen LogP contribution is 2.29. The number of nitrogens with zero attached hydrogens (tertiary/aromatic N) is 4. The normalized spacial score (nSPS) is 18.9. The van der Waals surface area contributed by atoms with Crippen LogP contribution in [-0.2, 0) is 0 Å². The molecule has 2 heterocycles. The van der Waals surface area contributed by atoms with Gasteiger partial charge in [0.05, 0.1) is 0 Å². The van der Waals surface area contributed by atoms with Gasteiger partial charge in [0.2, 0.25) is 17.8 Å². The second-order valence-corrected chi connectivity index (χ2v) is 8.46. The summed E-state index contributed by atoms with van der Waals surface area (Å²) >= 11 is 12.3. The zero-order valence-electron chi connectivity index (χ0n) is 16.9. The number of aromatic nitrogens is 3. The van der Waals surface area contributed by atoms with Crippen molar-refractivity contribution in [2.45, 2.75) is 45.2 Å². The summed E-state index contributed by atoms with van der Waals surface area (Å²) < 4.78 is 0. The molecule has 0 amide bonds. The van der Waals surface area contributed by atoms with Gasteiger partial charge in [-0.2, -0.15) is 15.0 Å². The highest BCUT2D eigenvalue weighted by atomic mass is 35.5. The Labute approximate surface area is 186 Å². The van der Waals surface area contributed by atoms with Crippen molar-refractivity contribution < 1.29 is 0 Å². The molecule has 8 heteroatoms. The third kappa shape index (κ3) is 4.94. The van der Waals surface area contributed by atoms with Crippen LogP contribution in [0.15, 0.2) is 48.5 Å². The van der Waals surface area contributed by atoms with Crippen molar-refractivity contribution >= 4 is 52.4 Å². The Morgan fingerprint density at radius 1 is 0.800 bits per heavy atom. The van der Waals surface area contributed by atoms with Gasteiger partial charge in [-0.1, -0.05) is 35.3 Å². The number of nitrogens with one attached hydrogen (secondary N) is 2. The monoisotopic (exact) mass is 442 g/mol. The zero-order valence-corrected chi connectivity index (χ0v) is 18.5. The molecule has 2 unspecified atom stereocenters. The third-order valence-corrected chi connectivity index (χ3v) is 5.68. The molecule has 0 bridgehead atoms. The van der Waals surface area contributed by atoms with E-state index in [0.717, 1.165) is 24.2 Å². The van der Waals surface area contributed by atoms with Gasteiger partial charge in [-0.05, 0) is 69.5 Å². The number of hydrogen-bond acceptors (Lipinski definition) is 6. The molecule has 2 N–H and O–H groups in total. The molecule has 6 nitrogen and oxygen atoms in total. The fourth-order valence-electron chi connectivity index (χ4n) is 3.80. The number of anilines is 5. The SMILES string of the molecule is CC1CCCC(C)N1c1nc(Nc2cccc(Cl)c2)nc(Nc2cccc(Cl)c2)n1. The van der Waals surface area contributed by atoms with Crippen molar-refractivity contribution in [1.29, 1.82) is 0 Å². The quantitative estimate of drug-likeness (QED) is 0.474. The van der Waals surface area contributed by atoms with E-state index in [9.17, 15) is 0 Å². The first kappa shape index (κ1) is 20.7. The molecule has 1 fully saturated rings. The first-order valence-electron chi connectivity index (χ1n) is 10.1. The highest BCUT2D eigenvalue weighted by Gasteiger charge is 2.28. The Bertz CT molecular complexity index is 952. The Morgan fingerprint density at radius 3 is 1.77 bits per heavy atom. The van der Waals surface area contributed by atoms with Gasteiger partial charge in [0.25, 0.3) is 0 Å². The molecule has 2 atom stereocenters. The molecule has 30 heavy (non-hydrogen) atoms. The van der Waals surface area contributed by atoms with E-state index in [1.54, 1.807) is 0 Å². The molecule has 0 saturated carbocycles. The average Bonchev–Trinajstić information content (AvgIpc) is 2.68. The molecule has 1 aliphatic heterocycles. The van der Waals surface area contributed by atoms with E-state index >= 15 is 0 Å². The van der Waals surface area contributed by atoms with Crippen LogP contribution in [0, 0.1) is 0 Å². The third-order valence-electron chi connectivity index (χ3n) is 5.21. The van der Waals surface area contributed by atoms with E-state index in [0.29, 0.717) is 40.0 Å². The molecule has 0 aliphatic carbocycles. The summed E-state index contributed by atoms with van der Waals surface area (Å²) in [7, 11) is 0. The van der Waals surface area contributed by atoms with Crippen molar-refractivity contribution in [2.24, 2.45) is 0 Å². The molecule has 4 rings (SSSR count). The van der Waals surface area contributed by atoms with Crippen LogP contribution >= 0.6 is 23.2 Å². The fourth-order valence-corrected chi connectivity index (χ4v) is 4.18. The summed E-state index contributed by atoms with van der Waals surface area (Å²) in [4.78, 5) is 16.3. The van der Waals surface area contributed by atoms with Crippen LogP contribution in [0.3, 0.4) is 0 Å². The molecule has 156 valence electrons. The van der Waals surface area contributed by atoms with Gasteiger partial charge < -0.3 is 15.5 Å². The summed E-state index contributed by atoms with van der Waals surface area (Å²) in [6.45, 7) is 4.43. The largest absolute Gasteiger partial charge is 0.335 e. The predicted octanol–water partition coefficient (Wildman–Crippen LogP) is 6.43. The maximum atomic E-state index is 6.13. The first-order chi connectivity index (χ1) is 14.5. The molecule has 0 radical (unpaired) electrons. The smallest absolute Gasteiger partial charge is 0.233 e. The standard InChI is InChI=1S/C22H24Cl2N6/c1-14-6-3-7-15(2)30(14)22-28-20(25-18-10-4-8-16(23)12-18)27-21(29-22)26-19-11-5-9-17(24)13-19/h4-5,8-15H,3,6-7H2,1-2H3,(H2,25,26,27,28,29). The molecular weight excluding hydrogens is 419 g/mol. The number of hydrogen-bond donors (Lipinski definition) is 2. The number of piperidine rings is 1. The van der Waals surface area contributed by atoms with Crippen molar-refractivity contribution in [1.82, 2.24) is 15.0 Å². The highest BCUT2D eigenvalue weighted by molar-refractivity contribution is 6.31. The molecule has 1 aromatic heterocycles. The summed E-state index contributed by atoms with van der Waals surface area (Å²) in [5.41, 5.74) is 1.63. The maximum Gasteiger partial charge on any atom is 0.233 e. The van der Waals surface area contributed by atoms with E-state index in [1.807, 2.05) is 48.5 Å². The second kappa shape index (κ2) is 9.06. The minimum atomic E-state index is 0.356. The van der Waals surface area contributed by atoms with Crippen LogP contribution in [0.4, 0.5) is 29.2 Å². The van der Waals surface area contributed by atoms with E-state index < -0.39 is 0 Å². The summed E-state index contributed by atoms with van der Waals surface area (Å²) in [5.74, 6) is 1.56. The van der Waals surface area contributed by atoms with Crippen LogP contribution in [0.25, 0.3) is 0 Å². The lowest BCUT2D eigenvalue weighted by Gasteiger charge is -2.39. The van der Waals surface area contributed by atoms with Crippen LogP contribution < -0.4 is 15.5 Å². The van der Waals surface area contributed by atoms with Crippen LogP contribution in [0.5, 0.6) is 0 Å². The van der Waals surface area contributed by atoms with Gasteiger partial charge >= 0.3 is 0 Å². The molecule has 0 spiro atoms. The fraction of sp³-hybridized carbons (Fsp3) is 0.318. The maximum absolute atomic E-state index is 6.13. The van der Waals surface area contributed by atoms with Gasteiger partial charge in [-0.3, -0.25) is 0 Å². The van der Waals surface area contributed by atoms with Gasteiger partial charge in [-0.25, -0.2) is 0 Å². The van der Waals surface area contributed by atoms with Gasteiger partial charge in [-0.15, -0.1) is 0 Å². The Balaban J connectivity index is 1.71. The first-order valence-corrected chi connectivity index (χ1v) is 10.8. The van der Waals surface area contributed by atoms with Crippen molar-refractivity contribution in [3.63, 3.8) is 0 Å². The van der Waals surface area contributed by atoms with E-state index in [-0.39, 0.29) is 0 Å². The Hall–Kier alpha value is -2.57. The average molecular weight is 443 g/mol. The molecule has 1 aliphatic rings. The Morgan fingerprint density at radius 2 is 1.30 bits per heavy atom. The lowest BCUT2D eigenvalue weighted by atomic mass is 9.98. The predicted molar refractivity (Wildman–Crippen MR) is 125 cm³/mol. The van der Waals surface area contributed by atoms with Crippen LogP contribution in [0.1, 0.15) is 33.1 Å². The van der Waals surface area contributed by atoms with Crippen molar-refractivity contribution in [3.05, 3.63) is 58.6 Å². The van der Waals surface area contributed by atoms with Crippen molar-refractivity contribution in [3.8, 4) is 0 Å². The van der Waals surface area contributed by atoms with Gasteiger partial charge in [0.15, 0.2) is 0 Å². The zero-order chi connectivity index (χ0) is 21.1. The molecule has 3 aromatic rings. The number of rotatable bonds is 5. The second-order valence-electron chi connectivity index (χ2n) is 7.59. The molecule has 1 saturated heterocycles. The van der Waals surface area contributed by atoms with Crippen LogP contribution in [0.2, 0.25) is 10.0 Å².